The van der Waals surface area contributed by atoms with Crippen LogP contribution < -0.4 is 10.6 Å². The van der Waals surface area contributed by atoms with Crippen LogP contribution in [0.5, 0.6) is 0 Å². The van der Waals surface area contributed by atoms with E-state index in [2.05, 4.69) is 10.6 Å². The number of amides is 2. The predicted molar refractivity (Wildman–Crippen MR) is 108 cm³/mol. The maximum atomic E-state index is 12.9. The number of hydrogen-bond donors (Lipinski definition) is 2. The summed E-state index contributed by atoms with van der Waals surface area (Å²) in [6, 6.07) is 16.0. The molecular weight excluding hydrogens is 360 g/mol. The van der Waals surface area contributed by atoms with Gasteiger partial charge in [0.25, 0.3) is 5.91 Å². The van der Waals surface area contributed by atoms with Crippen LogP contribution in [-0.2, 0) is 11.2 Å². The molecule has 0 spiro atoms. The van der Waals surface area contributed by atoms with E-state index in [1.54, 1.807) is 24.3 Å². The molecular formula is C22H25ClN2O2. The molecule has 2 aromatic rings. The summed E-state index contributed by atoms with van der Waals surface area (Å²) in [6.07, 6.45) is 5.99. The van der Waals surface area contributed by atoms with Crippen molar-refractivity contribution in [3.63, 3.8) is 0 Å². The number of carbonyl (C=O) groups excluding carboxylic acids is 2. The van der Waals surface area contributed by atoms with Gasteiger partial charge in [0.15, 0.2) is 0 Å². The van der Waals surface area contributed by atoms with E-state index in [0.717, 1.165) is 31.2 Å². The van der Waals surface area contributed by atoms with E-state index < -0.39 is 6.04 Å². The van der Waals surface area contributed by atoms with Gasteiger partial charge in [0.1, 0.15) is 6.04 Å². The highest BCUT2D eigenvalue weighted by Crippen LogP contribution is 2.18. The number of benzene rings is 2. The number of rotatable bonds is 6. The first-order chi connectivity index (χ1) is 13.1. The maximum absolute atomic E-state index is 12.9. The maximum Gasteiger partial charge on any atom is 0.251 e. The van der Waals surface area contributed by atoms with Crippen molar-refractivity contribution < 1.29 is 9.59 Å². The molecule has 27 heavy (non-hydrogen) atoms. The highest BCUT2D eigenvalue weighted by atomic mass is 35.5. The van der Waals surface area contributed by atoms with Gasteiger partial charge < -0.3 is 10.6 Å². The lowest BCUT2D eigenvalue weighted by molar-refractivity contribution is -0.123. The lowest BCUT2D eigenvalue weighted by Gasteiger charge is -2.26. The molecule has 0 heterocycles. The monoisotopic (exact) mass is 384 g/mol. The number of hydrogen-bond acceptors (Lipinski definition) is 2. The fourth-order valence-electron chi connectivity index (χ4n) is 3.45. The molecule has 1 fully saturated rings. The van der Waals surface area contributed by atoms with E-state index in [1.807, 2.05) is 30.3 Å². The fourth-order valence-corrected chi connectivity index (χ4v) is 3.58. The Labute approximate surface area is 165 Å². The topological polar surface area (TPSA) is 58.2 Å². The Morgan fingerprint density at radius 2 is 1.63 bits per heavy atom. The molecule has 1 aliphatic rings. The van der Waals surface area contributed by atoms with Gasteiger partial charge in [-0.25, -0.2) is 0 Å². The third-order valence-electron chi connectivity index (χ3n) is 4.96. The molecule has 4 nitrogen and oxygen atoms in total. The van der Waals surface area contributed by atoms with Gasteiger partial charge in [-0.2, -0.15) is 0 Å². The fraction of sp³-hybridized carbons (Fsp3) is 0.364. The lowest BCUT2D eigenvalue weighted by atomic mass is 9.95. The van der Waals surface area contributed by atoms with E-state index >= 15 is 0 Å². The summed E-state index contributed by atoms with van der Waals surface area (Å²) in [4.78, 5) is 25.5. The molecule has 0 bridgehead atoms. The summed E-state index contributed by atoms with van der Waals surface area (Å²) in [7, 11) is 0. The average molecular weight is 385 g/mol. The molecule has 142 valence electrons. The molecule has 1 saturated carbocycles. The second-order valence-corrected chi connectivity index (χ2v) is 7.50. The third kappa shape index (κ3) is 5.83. The van der Waals surface area contributed by atoms with Gasteiger partial charge in [0.2, 0.25) is 5.91 Å². The summed E-state index contributed by atoms with van der Waals surface area (Å²) >= 11 is 5.89. The Morgan fingerprint density at radius 1 is 0.963 bits per heavy atom. The molecule has 0 aliphatic heterocycles. The quantitative estimate of drug-likeness (QED) is 0.786. The van der Waals surface area contributed by atoms with Gasteiger partial charge in [-0.3, -0.25) is 9.59 Å². The lowest BCUT2D eigenvalue weighted by Crippen LogP contribution is -2.51. The molecule has 5 heteroatoms. The van der Waals surface area contributed by atoms with Crippen LogP contribution in [0.4, 0.5) is 0 Å². The van der Waals surface area contributed by atoms with Crippen LogP contribution >= 0.6 is 11.6 Å². The zero-order chi connectivity index (χ0) is 19.1. The minimum Gasteiger partial charge on any atom is -0.352 e. The van der Waals surface area contributed by atoms with Crippen LogP contribution in [0.25, 0.3) is 0 Å². The van der Waals surface area contributed by atoms with Gasteiger partial charge in [-0.1, -0.05) is 61.2 Å². The SMILES string of the molecule is O=C(NC(Cc1ccccc1)C(=O)NC1CCCCC1)c1ccc(Cl)cc1. The van der Waals surface area contributed by atoms with Crippen molar-refractivity contribution in [3.05, 3.63) is 70.7 Å². The Kier molecular flexibility index (Phi) is 6.88. The Morgan fingerprint density at radius 3 is 2.30 bits per heavy atom. The minimum atomic E-state index is -0.613. The van der Waals surface area contributed by atoms with Crippen LogP contribution in [0.3, 0.4) is 0 Å². The number of carbonyl (C=O) groups is 2. The van der Waals surface area contributed by atoms with E-state index in [-0.39, 0.29) is 17.9 Å². The van der Waals surface area contributed by atoms with Crippen LogP contribution in [0.2, 0.25) is 5.02 Å². The highest BCUT2D eigenvalue weighted by molar-refractivity contribution is 6.30. The van der Waals surface area contributed by atoms with E-state index in [9.17, 15) is 9.59 Å². The molecule has 1 unspecified atom stereocenters. The second-order valence-electron chi connectivity index (χ2n) is 7.07. The summed E-state index contributed by atoms with van der Waals surface area (Å²) < 4.78 is 0. The molecule has 0 aromatic heterocycles. The Balaban J connectivity index is 1.70. The van der Waals surface area contributed by atoms with Gasteiger partial charge in [-0.15, -0.1) is 0 Å². The average Bonchev–Trinajstić information content (AvgIpc) is 2.69. The summed E-state index contributed by atoms with van der Waals surface area (Å²) in [6.45, 7) is 0. The highest BCUT2D eigenvalue weighted by Gasteiger charge is 2.25. The van der Waals surface area contributed by atoms with Crippen molar-refractivity contribution in [2.75, 3.05) is 0 Å². The van der Waals surface area contributed by atoms with Gasteiger partial charge in [-0.05, 0) is 42.7 Å². The number of nitrogens with one attached hydrogen (secondary N) is 2. The first-order valence-electron chi connectivity index (χ1n) is 9.52. The van der Waals surface area contributed by atoms with E-state index in [0.29, 0.717) is 17.0 Å². The molecule has 3 rings (SSSR count). The molecule has 0 radical (unpaired) electrons. The van der Waals surface area contributed by atoms with Gasteiger partial charge in [0.05, 0.1) is 0 Å². The van der Waals surface area contributed by atoms with Crippen molar-refractivity contribution in [1.29, 1.82) is 0 Å². The van der Waals surface area contributed by atoms with E-state index in [4.69, 9.17) is 11.6 Å². The molecule has 2 N–H and O–H groups in total. The van der Waals surface area contributed by atoms with Crippen molar-refractivity contribution in [2.45, 2.75) is 50.6 Å². The van der Waals surface area contributed by atoms with Crippen LogP contribution in [-0.4, -0.2) is 23.9 Å². The van der Waals surface area contributed by atoms with Crippen molar-refractivity contribution in [2.24, 2.45) is 0 Å². The smallest absolute Gasteiger partial charge is 0.251 e. The normalized spacial score (nSPS) is 15.7. The zero-order valence-electron chi connectivity index (χ0n) is 15.3. The summed E-state index contributed by atoms with van der Waals surface area (Å²) in [5.74, 6) is -0.389. The van der Waals surface area contributed by atoms with Gasteiger partial charge in [0, 0.05) is 23.0 Å². The molecule has 2 aromatic carbocycles. The first kappa shape index (κ1) is 19.4. The standard InChI is InChI=1S/C22H25ClN2O2/c23-18-13-11-17(12-14-18)21(26)25-20(15-16-7-3-1-4-8-16)22(27)24-19-9-5-2-6-10-19/h1,3-4,7-8,11-14,19-20H,2,5-6,9-10,15H2,(H,24,27)(H,25,26). The predicted octanol–water partition coefficient (Wildman–Crippen LogP) is 4.13. The summed E-state index contributed by atoms with van der Waals surface area (Å²) in [5, 5.41) is 6.60. The largest absolute Gasteiger partial charge is 0.352 e. The molecule has 2 amide bonds. The Hall–Kier alpha value is -2.33. The van der Waals surface area contributed by atoms with Crippen molar-refractivity contribution in [3.8, 4) is 0 Å². The summed E-state index contributed by atoms with van der Waals surface area (Å²) in [5.41, 5.74) is 1.50. The van der Waals surface area contributed by atoms with Crippen LogP contribution in [0.15, 0.2) is 54.6 Å². The van der Waals surface area contributed by atoms with Crippen LogP contribution in [0, 0.1) is 0 Å². The number of halogens is 1. The molecule has 1 aliphatic carbocycles. The zero-order valence-corrected chi connectivity index (χ0v) is 16.0. The van der Waals surface area contributed by atoms with E-state index in [1.165, 1.54) is 6.42 Å². The molecule has 0 saturated heterocycles. The molecule has 1 atom stereocenters. The third-order valence-corrected chi connectivity index (χ3v) is 5.21. The second kappa shape index (κ2) is 9.56. The van der Waals surface area contributed by atoms with Crippen molar-refractivity contribution in [1.82, 2.24) is 10.6 Å². The Bertz CT molecular complexity index is 756. The van der Waals surface area contributed by atoms with Crippen molar-refractivity contribution >= 4 is 23.4 Å². The first-order valence-corrected chi connectivity index (χ1v) is 9.90. The van der Waals surface area contributed by atoms with Crippen LogP contribution in [0.1, 0.15) is 48.0 Å². The van der Waals surface area contributed by atoms with Gasteiger partial charge >= 0.3 is 0 Å². The minimum absolute atomic E-state index is 0.118.